The van der Waals surface area contributed by atoms with Crippen molar-refractivity contribution in [3.63, 3.8) is 0 Å². The molecule has 31 heavy (non-hydrogen) atoms. The molecular weight excluding hydrogens is 454 g/mol. The Morgan fingerprint density at radius 2 is 1.58 bits per heavy atom. The summed E-state index contributed by atoms with van der Waals surface area (Å²) in [5.41, 5.74) is 2.65. The number of anilines is 1. The summed E-state index contributed by atoms with van der Waals surface area (Å²) in [4.78, 5) is 18.4. The van der Waals surface area contributed by atoms with E-state index >= 15 is 0 Å². The van der Waals surface area contributed by atoms with Gasteiger partial charge in [-0.05, 0) is 54.8 Å². The average molecular weight is 486 g/mol. The number of nitrogens with one attached hydrogen (secondary N) is 1. The molecule has 0 spiro atoms. The van der Waals surface area contributed by atoms with Crippen LogP contribution < -0.4 is 5.32 Å². The van der Waals surface area contributed by atoms with Gasteiger partial charge in [-0.1, -0.05) is 47.1 Å². The van der Waals surface area contributed by atoms with Crippen LogP contribution in [-0.4, -0.2) is 61.6 Å². The van der Waals surface area contributed by atoms with Gasteiger partial charge in [0.15, 0.2) is 0 Å². The topological polar surface area (TPSA) is 44.8 Å². The maximum Gasteiger partial charge on any atom is 0.235 e. The molecule has 5 nitrogen and oxygen atoms in total. The summed E-state index contributed by atoms with van der Waals surface area (Å²) in [5, 5.41) is 3.18. The number of amides is 1. The fourth-order valence-electron chi connectivity index (χ4n) is 4.60. The molecule has 2 aromatic carbocycles. The zero-order valence-corrected chi connectivity index (χ0v) is 19.9. The van der Waals surface area contributed by atoms with Crippen LogP contribution in [0.4, 0.5) is 5.69 Å². The number of hydrogen-bond donors (Lipinski definition) is 1. The van der Waals surface area contributed by atoms with Crippen LogP contribution in [0.25, 0.3) is 0 Å². The van der Waals surface area contributed by atoms with Crippen LogP contribution in [0.15, 0.2) is 53.0 Å². The van der Waals surface area contributed by atoms with Crippen molar-refractivity contribution in [1.29, 1.82) is 0 Å². The SMILES string of the molecule is CCN1CCN(Cc2ccc(NC(=O)C3(c4ccc(Br)cc4)CCOCC3)cc2)CC1. The average Bonchev–Trinajstić information content (AvgIpc) is 2.81. The zero-order chi connectivity index (χ0) is 21.7. The Kier molecular flexibility index (Phi) is 7.43. The fraction of sp³-hybridized carbons (Fsp3) is 0.480. The van der Waals surface area contributed by atoms with Gasteiger partial charge < -0.3 is 15.0 Å². The Bertz CT molecular complexity index is 855. The summed E-state index contributed by atoms with van der Waals surface area (Å²) in [6.07, 6.45) is 1.39. The highest BCUT2D eigenvalue weighted by Crippen LogP contribution is 2.36. The van der Waals surface area contributed by atoms with Gasteiger partial charge in [0.05, 0.1) is 5.41 Å². The van der Waals surface area contributed by atoms with E-state index in [-0.39, 0.29) is 5.91 Å². The number of rotatable bonds is 6. The Hall–Kier alpha value is -1.73. The van der Waals surface area contributed by atoms with Gasteiger partial charge in [0.1, 0.15) is 0 Å². The van der Waals surface area contributed by atoms with Crippen molar-refractivity contribution in [1.82, 2.24) is 9.80 Å². The van der Waals surface area contributed by atoms with E-state index < -0.39 is 5.41 Å². The van der Waals surface area contributed by atoms with Crippen LogP contribution >= 0.6 is 15.9 Å². The Morgan fingerprint density at radius 3 is 2.19 bits per heavy atom. The van der Waals surface area contributed by atoms with Gasteiger partial charge >= 0.3 is 0 Å². The lowest BCUT2D eigenvalue weighted by atomic mass is 9.73. The third-order valence-corrected chi connectivity index (χ3v) is 7.24. The van der Waals surface area contributed by atoms with Crippen molar-refractivity contribution in [3.05, 3.63) is 64.1 Å². The molecule has 0 radical (unpaired) electrons. The fourth-order valence-corrected chi connectivity index (χ4v) is 4.87. The van der Waals surface area contributed by atoms with Crippen molar-refractivity contribution in [2.45, 2.75) is 31.7 Å². The minimum absolute atomic E-state index is 0.0570. The van der Waals surface area contributed by atoms with Gasteiger partial charge in [0.25, 0.3) is 0 Å². The molecule has 0 saturated carbocycles. The van der Waals surface area contributed by atoms with E-state index in [0.29, 0.717) is 26.1 Å². The van der Waals surface area contributed by atoms with Crippen LogP contribution in [0, 0.1) is 0 Å². The zero-order valence-electron chi connectivity index (χ0n) is 18.3. The minimum atomic E-state index is -0.545. The van der Waals surface area contributed by atoms with Gasteiger partial charge in [-0.2, -0.15) is 0 Å². The molecule has 1 amide bonds. The molecule has 1 N–H and O–H groups in total. The highest BCUT2D eigenvalue weighted by molar-refractivity contribution is 9.10. The second kappa shape index (κ2) is 10.3. The molecule has 4 rings (SSSR count). The first kappa shape index (κ1) is 22.5. The standard InChI is InChI=1S/C25H32BrN3O2/c1-2-28-13-15-29(16-14-28)19-20-3-9-23(10-4-20)27-24(30)25(11-17-31-18-12-25)21-5-7-22(26)8-6-21/h3-10H,2,11-19H2,1H3,(H,27,30). The molecule has 0 unspecified atom stereocenters. The smallest absolute Gasteiger partial charge is 0.235 e. The molecule has 2 saturated heterocycles. The second-order valence-electron chi connectivity index (χ2n) is 8.56. The van der Waals surface area contributed by atoms with Crippen molar-refractivity contribution in [3.8, 4) is 0 Å². The number of likely N-dealkylation sites (N-methyl/N-ethyl adjacent to an activating group) is 1. The highest BCUT2D eigenvalue weighted by atomic mass is 79.9. The summed E-state index contributed by atoms with van der Waals surface area (Å²) >= 11 is 3.50. The molecule has 2 fully saturated rings. The lowest BCUT2D eigenvalue weighted by Crippen LogP contribution is -2.45. The molecule has 0 bridgehead atoms. The molecular formula is C25H32BrN3O2. The van der Waals surface area contributed by atoms with E-state index in [4.69, 9.17) is 4.74 Å². The number of carbonyl (C=O) groups excluding carboxylic acids is 1. The predicted octanol–water partition coefficient (Wildman–Crippen LogP) is 4.27. The lowest BCUT2D eigenvalue weighted by Gasteiger charge is -2.36. The Morgan fingerprint density at radius 1 is 0.968 bits per heavy atom. The summed E-state index contributed by atoms with van der Waals surface area (Å²) in [5.74, 6) is 0.0570. The number of carbonyl (C=O) groups is 1. The predicted molar refractivity (Wildman–Crippen MR) is 128 cm³/mol. The van der Waals surface area contributed by atoms with Crippen LogP contribution in [0.1, 0.15) is 30.9 Å². The van der Waals surface area contributed by atoms with E-state index in [1.54, 1.807) is 0 Å². The second-order valence-corrected chi connectivity index (χ2v) is 9.48. The molecule has 2 aliphatic heterocycles. The molecule has 2 aliphatic rings. The highest BCUT2D eigenvalue weighted by Gasteiger charge is 2.41. The lowest BCUT2D eigenvalue weighted by molar-refractivity contribution is -0.125. The number of nitrogens with zero attached hydrogens (tertiary/aromatic N) is 2. The first-order valence-electron chi connectivity index (χ1n) is 11.3. The molecule has 0 atom stereocenters. The van der Waals surface area contributed by atoms with E-state index in [2.05, 4.69) is 62.2 Å². The molecule has 6 heteroatoms. The quantitative estimate of drug-likeness (QED) is 0.663. The summed E-state index contributed by atoms with van der Waals surface area (Å²) in [6.45, 7) is 10.1. The van der Waals surface area contributed by atoms with Gasteiger partial charge in [0.2, 0.25) is 5.91 Å². The number of hydrogen-bond acceptors (Lipinski definition) is 4. The first-order valence-corrected chi connectivity index (χ1v) is 12.1. The molecule has 0 aromatic heterocycles. The summed E-state index contributed by atoms with van der Waals surface area (Å²) < 4.78 is 6.59. The number of piperazine rings is 1. The normalized spacial score (nSPS) is 19.8. The van der Waals surface area contributed by atoms with Crippen molar-refractivity contribution < 1.29 is 9.53 Å². The summed E-state index contributed by atoms with van der Waals surface area (Å²) in [7, 11) is 0. The Labute approximate surface area is 193 Å². The van der Waals surface area contributed by atoms with Gasteiger partial charge in [-0.15, -0.1) is 0 Å². The van der Waals surface area contributed by atoms with Crippen LogP contribution in [0.5, 0.6) is 0 Å². The van der Waals surface area contributed by atoms with Crippen LogP contribution in [-0.2, 0) is 21.5 Å². The van der Waals surface area contributed by atoms with E-state index in [1.807, 2.05) is 24.3 Å². The molecule has 166 valence electrons. The van der Waals surface area contributed by atoms with E-state index in [9.17, 15) is 4.79 Å². The monoisotopic (exact) mass is 485 g/mol. The molecule has 2 heterocycles. The van der Waals surface area contributed by atoms with Crippen molar-refractivity contribution in [2.24, 2.45) is 0 Å². The van der Waals surface area contributed by atoms with E-state index in [0.717, 1.165) is 55.0 Å². The number of ether oxygens (including phenoxy) is 1. The number of benzene rings is 2. The largest absolute Gasteiger partial charge is 0.381 e. The van der Waals surface area contributed by atoms with Crippen molar-refractivity contribution >= 4 is 27.5 Å². The maximum atomic E-state index is 13.4. The molecule has 0 aliphatic carbocycles. The Balaban J connectivity index is 1.41. The third kappa shape index (κ3) is 5.37. The van der Waals surface area contributed by atoms with Crippen LogP contribution in [0.3, 0.4) is 0 Å². The van der Waals surface area contributed by atoms with Gasteiger partial charge in [0, 0.05) is 56.1 Å². The minimum Gasteiger partial charge on any atom is -0.381 e. The maximum absolute atomic E-state index is 13.4. The van der Waals surface area contributed by atoms with E-state index in [1.165, 1.54) is 5.56 Å². The summed E-state index contributed by atoms with van der Waals surface area (Å²) in [6, 6.07) is 16.5. The van der Waals surface area contributed by atoms with Gasteiger partial charge in [-0.25, -0.2) is 0 Å². The first-order chi connectivity index (χ1) is 15.1. The van der Waals surface area contributed by atoms with Crippen molar-refractivity contribution in [2.75, 3.05) is 51.3 Å². The molecule has 2 aromatic rings. The van der Waals surface area contributed by atoms with Crippen LogP contribution in [0.2, 0.25) is 0 Å². The number of halogens is 1. The third-order valence-electron chi connectivity index (χ3n) is 6.71. The van der Waals surface area contributed by atoms with Gasteiger partial charge in [-0.3, -0.25) is 9.69 Å².